The number of carbonyl (C=O) groups is 2. The number of ketones is 1. The molecule has 7 nitrogen and oxygen atoms in total. The number of rotatable bonds is 8. The number of fused-ring (bicyclic) bond motifs is 1. The topological polar surface area (TPSA) is 91.9 Å². The molecule has 1 aliphatic rings. The smallest absolute Gasteiger partial charge is 0.295 e. The van der Waals surface area contributed by atoms with Crippen LogP contribution in [0.3, 0.4) is 0 Å². The van der Waals surface area contributed by atoms with Crippen LogP contribution in [0.4, 0.5) is 0 Å². The molecule has 1 atom stereocenters. The summed E-state index contributed by atoms with van der Waals surface area (Å²) in [7, 11) is 1.62. The van der Waals surface area contributed by atoms with E-state index in [1.165, 1.54) is 0 Å². The number of amides is 1. The number of H-pyrrole nitrogens is 1. The number of ether oxygens (including phenoxy) is 2. The number of aryl methyl sites for hydroxylation is 1. The van der Waals surface area contributed by atoms with Gasteiger partial charge in [-0.25, -0.2) is 0 Å². The van der Waals surface area contributed by atoms with Gasteiger partial charge in [-0.3, -0.25) is 9.59 Å². The number of hydrogen-bond acceptors (Lipinski definition) is 5. The van der Waals surface area contributed by atoms with Gasteiger partial charge >= 0.3 is 0 Å². The third kappa shape index (κ3) is 4.63. The van der Waals surface area contributed by atoms with Crippen LogP contribution in [0.15, 0.2) is 78.5 Å². The van der Waals surface area contributed by atoms with Gasteiger partial charge in [-0.05, 0) is 73.9 Å². The van der Waals surface area contributed by atoms with E-state index in [4.69, 9.17) is 9.47 Å². The Morgan fingerprint density at radius 3 is 2.39 bits per heavy atom. The SMILES string of the molecule is CCOc1ccc(C(O)=C2C(=O)C(=O)N(CCc3c[nH]c4ccc(OC)cc34)[C@@H]2c2ccc(C)cc2)cc1. The lowest BCUT2D eigenvalue weighted by atomic mass is 9.94. The van der Waals surface area contributed by atoms with Crippen LogP contribution < -0.4 is 9.47 Å². The Labute approximate surface area is 221 Å². The first-order valence-corrected chi connectivity index (χ1v) is 12.6. The number of Topliss-reactive ketones (excluding diaryl/α,β-unsaturated/α-hetero) is 1. The van der Waals surface area contributed by atoms with Crippen molar-refractivity contribution in [3.8, 4) is 11.5 Å². The predicted molar refractivity (Wildman–Crippen MR) is 146 cm³/mol. The highest BCUT2D eigenvalue weighted by Crippen LogP contribution is 2.40. The number of aliphatic hydroxyl groups excluding tert-OH is 1. The van der Waals surface area contributed by atoms with Crippen molar-refractivity contribution in [3.05, 3.63) is 101 Å². The van der Waals surface area contributed by atoms with Crippen LogP contribution in [0, 0.1) is 6.92 Å². The summed E-state index contributed by atoms with van der Waals surface area (Å²) < 4.78 is 10.9. The molecule has 0 saturated carbocycles. The Kier molecular flexibility index (Phi) is 6.92. The molecule has 3 aromatic carbocycles. The molecule has 1 fully saturated rings. The number of aromatic nitrogens is 1. The first-order valence-electron chi connectivity index (χ1n) is 12.6. The molecular weight excluding hydrogens is 480 g/mol. The van der Waals surface area contributed by atoms with E-state index in [1.807, 2.05) is 62.5 Å². The molecule has 194 valence electrons. The molecule has 4 aromatic rings. The van der Waals surface area contributed by atoms with Crippen molar-refractivity contribution < 1.29 is 24.2 Å². The number of nitrogens with zero attached hydrogens (tertiary/aromatic N) is 1. The van der Waals surface area contributed by atoms with Gasteiger partial charge < -0.3 is 24.5 Å². The van der Waals surface area contributed by atoms with E-state index in [2.05, 4.69) is 4.98 Å². The Morgan fingerprint density at radius 2 is 1.71 bits per heavy atom. The number of benzene rings is 3. The van der Waals surface area contributed by atoms with Gasteiger partial charge in [-0.15, -0.1) is 0 Å². The molecule has 0 radical (unpaired) electrons. The highest BCUT2D eigenvalue weighted by atomic mass is 16.5. The number of hydrogen-bond donors (Lipinski definition) is 2. The number of nitrogens with one attached hydrogen (secondary N) is 1. The second kappa shape index (κ2) is 10.5. The second-order valence-electron chi connectivity index (χ2n) is 9.34. The van der Waals surface area contributed by atoms with Gasteiger partial charge in [0.05, 0.1) is 25.3 Å². The maximum absolute atomic E-state index is 13.4. The van der Waals surface area contributed by atoms with Gasteiger partial charge in [-0.1, -0.05) is 29.8 Å². The summed E-state index contributed by atoms with van der Waals surface area (Å²) in [6, 6.07) is 19.6. The molecule has 0 spiro atoms. The molecule has 2 N–H and O–H groups in total. The van der Waals surface area contributed by atoms with Crippen LogP contribution >= 0.6 is 0 Å². The Morgan fingerprint density at radius 1 is 1.00 bits per heavy atom. The second-order valence-corrected chi connectivity index (χ2v) is 9.34. The first-order chi connectivity index (χ1) is 18.4. The maximum Gasteiger partial charge on any atom is 0.295 e. The minimum absolute atomic E-state index is 0.0867. The van der Waals surface area contributed by atoms with Crippen molar-refractivity contribution in [1.29, 1.82) is 0 Å². The molecule has 2 heterocycles. The highest BCUT2D eigenvalue weighted by molar-refractivity contribution is 6.46. The fraction of sp³-hybridized carbons (Fsp3) is 0.226. The summed E-state index contributed by atoms with van der Waals surface area (Å²) in [5.41, 5.74) is 4.34. The predicted octanol–water partition coefficient (Wildman–Crippen LogP) is 5.55. The standard InChI is InChI=1S/C31H30N2O5/c1-4-38-23-11-9-21(10-12-23)29(34)27-28(20-7-5-19(2)6-8-20)33(31(36)30(27)35)16-15-22-18-32-26-14-13-24(37-3)17-25(22)26/h5-14,17-18,28,32,34H,4,15-16H2,1-3H3/t28-/m1/s1. The molecule has 5 rings (SSSR count). The van der Waals surface area contributed by atoms with Crippen LogP contribution in [-0.4, -0.2) is 46.9 Å². The van der Waals surface area contributed by atoms with Gasteiger partial charge in [0.2, 0.25) is 0 Å². The van der Waals surface area contributed by atoms with Crippen LogP contribution in [0.5, 0.6) is 11.5 Å². The Hall–Kier alpha value is -4.52. The monoisotopic (exact) mass is 510 g/mol. The Balaban J connectivity index is 1.53. The van der Waals surface area contributed by atoms with E-state index in [1.54, 1.807) is 36.3 Å². The molecule has 0 unspecified atom stereocenters. The lowest BCUT2D eigenvalue weighted by Crippen LogP contribution is -2.31. The van der Waals surface area contributed by atoms with E-state index >= 15 is 0 Å². The summed E-state index contributed by atoms with van der Waals surface area (Å²) in [6.45, 7) is 4.69. The number of carbonyl (C=O) groups excluding carboxylic acids is 2. The van der Waals surface area contributed by atoms with Crippen molar-refractivity contribution in [2.45, 2.75) is 26.3 Å². The number of methoxy groups -OCH3 is 1. The van der Waals surface area contributed by atoms with Crippen LogP contribution in [0.2, 0.25) is 0 Å². The van der Waals surface area contributed by atoms with Crippen LogP contribution in [0.25, 0.3) is 16.7 Å². The summed E-state index contributed by atoms with van der Waals surface area (Å²) >= 11 is 0. The van der Waals surface area contributed by atoms with Crippen molar-refractivity contribution in [2.75, 3.05) is 20.3 Å². The van der Waals surface area contributed by atoms with E-state index < -0.39 is 17.7 Å². The van der Waals surface area contributed by atoms with Crippen molar-refractivity contribution in [3.63, 3.8) is 0 Å². The third-order valence-corrected chi connectivity index (χ3v) is 6.97. The maximum atomic E-state index is 13.4. The summed E-state index contributed by atoms with van der Waals surface area (Å²) in [6.07, 6.45) is 2.44. The molecule has 0 bridgehead atoms. The molecular formula is C31H30N2O5. The minimum Gasteiger partial charge on any atom is -0.507 e. The number of aromatic amines is 1. The van der Waals surface area contributed by atoms with Gasteiger partial charge in [0, 0.05) is 29.2 Å². The zero-order valence-corrected chi connectivity index (χ0v) is 21.7. The van der Waals surface area contributed by atoms with Crippen molar-refractivity contribution in [2.24, 2.45) is 0 Å². The van der Waals surface area contributed by atoms with Crippen LogP contribution in [0.1, 0.15) is 35.2 Å². The van der Waals surface area contributed by atoms with Gasteiger partial charge in [0.1, 0.15) is 17.3 Å². The zero-order chi connectivity index (χ0) is 26.8. The third-order valence-electron chi connectivity index (χ3n) is 6.97. The largest absolute Gasteiger partial charge is 0.507 e. The Bertz CT molecular complexity index is 1520. The van der Waals surface area contributed by atoms with E-state index in [0.29, 0.717) is 30.9 Å². The van der Waals surface area contributed by atoms with E-state index in [0.717, 1.165) is 33.3 Å². The highest BCUT2D eigenvalue weighted by Gasteiger charge is 2.45. The summed E-state index contributed by atoms with van der Waals surface area (Å²) in [4.78, 5) is 31.5. The molecule has 1 amide bonds. The normalized spacial score (nSPS) is 16.8. The van der Waals surface area contributed by atoms with E-state index in [9.17, 15) is 14.7 Å². The summed E-state index contributed by atoms with van der Waals surface area (Å²) in [5.74, 6) is -0.108. The number of aliphatic hydroxyl groups is 1. The van der Waals surface area contributed by atoms with E-state index in [-0.39, 0.29) is 11.3 Å². The summed E-state index contributed by atoms with van der Waals surface area (Å²) in [5, 5.41) is 12.3. The first kappa shape index (κ1) is 25.1. The van der Waals surface area contributed by atoms with Gasteiger partial charge in [0.25, 0.3) is 11.7 Å². The fourth-order valence-electron chi connectivity index (χ4n) is 4.97. The molecule has 1 aliphatic heterocycles. The van der Waals surface area contributed by atoms with Gasteiger partial charge in [0.15, 0.2) is 0 Å². The zero-order valence-electron chi connectivity index (χ0n) is 21.7. The fourth-order valence-corrected chi connectivity index (χ4v) is 4.97. The van der Waals surface area contributed by atoms with Crippen molar-refractivity contribution in [1.82, 2.24) is 9.88 Å². The lowest BCUT2D eigenvalue weighted by molar-refractivity contribution is -0.139. The van der Waals surface area contributed by atoms with Crippen LogP contribution in [-0.2, 0) is 16.0 Å². The molecule has 7 heteroatoms. The average Bonchev–Trinajstić information content (AvgIpc) is 3.45. The number of likely N-dealkylation sites (tertiary alicyclic amines) is 1. The molecule has 1 aromatic heterocycles. The molecule has 0 aliphatic carbocycles. The van der Waals surface area contributed by atoms with Gasteiger partial charge in [-0.2, -0.15) is 0 Å². The molecule has 1 saturated heterocycles. The minimum atomic E-state index is -0.707. The molecule has 38 heavy (non-hydrogen) atoms. The lowest BCUT2D eigenvalue weighted by Gasteiger charge is -2.25. The van der Waals surface area contributed by atoms with Crippen molar-refractivity contribution >= 4 is 28.4 Å². The average molecular weight is 511 g/mol. The quantitative estimate of drug-likeness (QED) is 0.184.